The van der Waals surface area contributed by atoms with Gasteiger partial charge in [0.25, 0.3) is 0 Å². The van der Waals surface area contributed by atoms with Crippen LogP contribution >= 0.6 is 11.8 Å². The zero-order chi connectivity index (χ0) is 17.9. The lowest BCUT2D eigenvalue weighted by atomic mass is 10.2. The van der Waals surface area contributed by atoms with Gasteiger partial charge < -0.3 is 15.4 Å². The van der Waals surface area contributed by atoms with E-state index in [1.54, 1.807) is 0 Å². The number of nitrogens with zero attached hydrogens (tertiary/aromatic N) is 2. The first kappa shape index (κ1) is 20.1. The lowest BCUT2D eigenvalue weighted by molar-refractivity contribution is -0.0679. The summed E-state index contributed by atoms with van der Waals surface area (Å²) in [6.07, 6.45) is 1.79. The average molecular weight is 365 g/mol. The van der Waals surface area contributed by atoms with E-state index in [2.05, 4.69) is 58.6 Å². The van der Waals surface area contributed by atoms with Crippen LogP contribution in [0, 0.1) is 0 Å². The van der Waals surface area contributed by atoms with Gasteiger partial charge >= 0.3 is 0 Å². The molecule has 5 nitrogen and oxygen atoms in total. The Bertz CT molecular complexity index is 501. The summed E-state index contributed by atoms with van der Waals surface area (Å²) in [5.41, 5.74) is 0. The zero-order valence-corrected chi connectivity index (χ0v) is 16.5. The van der Waals surface area contributed by atoms with Crippen molar-refractivity contribution in [3.8, 4) is 0 Å². The van der Waals surface area contributed by atoms with Gasteiger partial charge in [-0.1, -0.05) is 18.2 Å². The molecule has 1 aliphatic heterocycles. The standard InChI is InChI=1S/C19H32N4OS/c1-16-14-23(15-17(2)24-16)12-7-10-21-19(20-3)22-11-13-25-18-8-5-4-6-9-18/h4-6,8-9,16-17H,7,10-15H2,1-3H3,(H2,20,21,22). The minimum atomic E-state index is 0.341. The van der Waals surface area contributed by atoms with Gasteiger partial charge in [-0.05, 0) is 32.4 Å². The van der Waals surface area contributed by atoms with Crippen LogP contribution in [-0.2, 0) is 4.74 Å². The van der Waals surface area contributed by atoms with Crippen LogP contribution in [0.3, 0.4) is 0 Å². The summed E-state index contributed by atoms with van der Waals surface area (Å²) in [5.74, 6) is 1.91. The highest BCUT2D eigenvalue weighted by Crippen LogP contribution is 2.15. The fourth-order valence-corrected chi connectivity index (χ4v) is 3.84. The smallest absolute Gasteiger partial charge is 0.191 e. The number of hydrogen-bond acceptors (Lipinski definition) is 4. The minimum Gasteiger partial charge on any atom is -0.373 e. The summed E-state index contributed by atoms with van der Waals surface area (Å²) in [4.78, 5) is 8.09. The third-order valence-corrected chi connectivity index (χ3v) is 5.08. The van der Waals surface area contributed by atoms with Crippen LogP contribution in [0.5, 0.6) is 0 Å². The molecule has 0 aliphatic carbocycles. The van der Waals surface area contributed by atoms with Crippen molar-refractivity contribution in [3.05, 3.63) is 30.3 Å². The number of ether oxygens (including phenoxy) is 1. The van der Waals surface area contributed by atoms with Gasteiger partial charge in [-0.15, -0.1) is 11.8 Å². The van der Waals surface area contributed by atoms with Gasteiger partial charge in [0, 0.05) is 50.4 Å². The van der Waals surface area contributed by atoms with Crippen LogP contribution in [0.25, 0.3) is 0 Å². The van der Waals surface area contributed by atoms with Crippen molar-refractivity contribution in [1.82, 2.24) is 15.5 Å². The molecule has 1 aliphatic rings. The predicted octanol–water partition coefficient (Wildman–Crippen LogP) is 2.44. The summed E-state index contributed by atoms with van der Waals surface area (Å²) in [5, 5.41) is 6.78. The molecular formula is C19H32N4OS. The summed E-state index contributed by atoms with van der Waals surface area (Å²) in [7, 11) is 1.82. The number of benzene rings is 1. The molecule has 6 heteroatoms. The Balaban J connectivity index is 1.54. The van der Waals surface area contributed by atoms with Crippen LogP contribution in [-0.4, -0.2) is 68.6 Å². The molecule has 0 amide bonds. The van der Waals surface area contributed by atoms with Gasteiger partial charge in [-0.3, -0.25) is 9.89 Å². The maximum atomic E-state index is 5.78. The van der Waals surface area contributed by atoms with Crippen LogP contribution in [0.4, 0.5) is 0 Å². The van der Waals surface area contributed by atoms with Crippen molar-refractivity contribution in [2.75, 3.05) is 45.5 Å². The number of nitrogens with one attached hydrogen (secondary N) is 2. The van der Waals surface area contributed by atoms with Crippen molar-refractivity contribution in [2.45, 2.75) is 37.4 Å². The third-order valence-electron chi connectivity index (χ3n) is 4.07. The molecular weight excluding hydrogens is 332 g/mol. The molecule has 1 aromatic carbocycles. The van der Waals surface area contributed by atoms with Crippen LogP contribution in [0.2, 0.25) is 0 Å². The van der Waals surface area contributed by atoms with Crippen LogP contribution in [0.1, 0.15) is 20.3 Å². The molecule has 0 saturated carbocycles. The topological polar surface area (TPSA) is 48.9 Å². The minimum absolute atomic E-state index is 0.341. The number of guanidine groups is 1. The fraction of sp³-hybridized carbons (Fsp3) is 0.632. The van der Waals surface area contributed by atoms with E-state index in [0.29, 0.717) is 12.2 Å². The lowest BCUT2D eigenvalue weighted by Crippen LogP contribution is -2.46. The Labute approximate surface area is 156 Å². The number of morpholine rings is 1. The van der Waals surface area contributed by atoms with Crippen molar-refractivity contribution in [3.63, 3.8) is 0 Å². The highest BCUT2D eigenvalue weighted by atomic mass is 32.2. The molecule has 1 heterocycles. The maximum Gasteiger partial charge on any atom is 0.191 e. The van der Waals surface area contributed by atoms with E-state index in [1.165, 1.54) is 4.90 Å². The van der Waals surface area contributed by atoms with E-state index in [0.717, 1.165) is 50.9 Å². The quantitative estimate of drug-likeness (QED) is 0.321. The second-order valence-electron chi connectivity index (χ2n) is 6.46. The normalized spacial score (nSPS) is 22.0. The Morgan fingerprint density at radius 2 is 1.84 bits per heavy atom. The van der Waals surface area contributed by atoms with Gasteiger partial charge in [0.15, 0.2) is 5.96 Å². The van der Waals surface area contributed by atoms with Crippen LogP contribution < -0.4 is 10.6 Å². The molecule has 0 radical (unpaired) electrons. The first-order chi connectivity index (χ1) is 12.2. The van der Waals surface area contributed by atoms with E-state index in [4.69, 9.17) is 4.74 Å². The van der Waals surface area contributed by atoms with Gasteiger partial charge in [0.2, 0.25) is 0 Å². The van der Waals surface area contributed by atoms with Crippen molar-refractivity contribution in [1.29, 1.82) is 0 Å². The lowest BCUT2D eigenvalue weighted by Gasteiger charge is -2.35. The molecule has 140 valence electrons. The molecule has 0 spiro atoms. The van der Waals surface area contributed by atoms with Crippen molar-refractivity contribution >= 4 is 17.7 Å². The summed E-state index contributed by atoms with van der Waals surface area (Å²) in [6.45, 7) is 9.32. The highest BCUT2D eigenvalue weighted by molar-refractivity contribution is 7.99. The molecule has 2 atom stereocenters. The SMILES string of the molecule is CN=C(NCCCN1CC(C)OC(C)C1)NCCSc1ccccc1. The van der Waals surface area contributed by atoms with Gasteiger partial charge in [0.05, 0.1) is 12.2 Å². The maximum absolute atomic E-state index is 5.78. The molecule has 0 bridgehead atoms. The molecule has 2 unspecified atom stereocenters. The number of aliphatic imine (C=N–C) groups is 1. The Hall–Kier alpha value is -1.24. The first-order valence-corrected chi connectivity index (χ1v) is 10.2. The number of thioether (sulfide) groups is 1. The largest absolute Gasteiger partial charge is 0.373 e. The molecule has 1 saturated heterocycles. The molecule has 25 heavy (non-hydrogen) atoms. The van der Waals surface area contributed by atoms with Crippen molar-refractivity contribution in [2.24, 2.45) is 4.99 Å². The number of rotatable bonds is 8. The second kappa shape index (κ2) is 11.4. The zero-order valence-electron chi connectivity index (χ0n) is 15.7. The molecule has 2 N–H and O–H groups in total. The third kappa shape index (κ3) is 8.12. The summed E-state index contributed by atoms with van der Waals surface area (Å²) in [6, 6.07) is 10.5. The van der Waals surface area contributed by atoms with Crippen molar-refractivity contribution < 1.29 is 4.74 Å². The Morgan fingerprint density at radius 1 is 1.16 bits per heavy atom. The van der Waals surface area contributed by atoms with Crippen LogP contribution in [0.15, 0.2) is 40.2 Å². The molecule has 1 fully saturated rings. The Morgan fingerprint density at radius 3 is 2.52 bits per heavy atom. The van der Waals surface area contributed by atoms with E-state index >= 15 is 0 Å². The molecule has 1 aromatic rings. The monoisotopic (exact) mass is 364 g/mol. The van der Waals surface area contributed by atoms with E-state index in [-0.39, 0.29) is 0 Å². The first-order valence-electron chi connectivity index (χ1n) is 9.17. The summed E-state index contributed by atoms with van der Waals surface area (Å²) >= 11 is 1.86. The highest BCUT2D eigenvalue weighted by Gasteiger charge is 2.21. The van der Waals surface area contributed by atoms with Gasteiger partial charge in [0.1, 0.15) is 0 Å². The van der Waals surface area contributed by atoms with E-state index < -0.39 is 0 Å². The van der Waals surface area contributed by atoms with Gasteiger partial charge in [-0.2, -0.15) is 0 Å². The number of hydrogen-bond donors (Lipinski definition) is 2. The Kier molecular flexibility index (Phi) is 9.15. The van der Waals surface area contributed by atoms with E-state index in [9.17, 15) is 0 Å². The average Bonchev–Trinajstić information content (AvgIpc) is 2.60. The second-order valence-corrected chi connectivity index (χ2v) is 7.63. The van der Waals surface area contributed by atoms with Gasteiger partial charge in [-0.25, -0.2) is 0 Å². The predicted molar refractivity (Wildman–Crippen MR) is 108 cm³/mol. The summed E-state index contributed by atoms with van der Waals surface area (Å²) < 4.78 is 5.78. The molecule has 2 rings (SSSR count). The molecule has 0 aromatic heterocycles. The fourth-order valence-electron chi connectivity index (χ4n) is 3.05. The van der Waals surface area contributed by atoms with E-state index in [1.807, 2.05) is 24.9 Å².